The van der Waals surface area contributed by atoms with Gasteiger partial charge in [-0.2, -0.15) is 0 Å². The molecule has 0 aliphatic carbocycles. The zero-order valence-electron chi connectivity index (χ0n) is 17.3. The van der Waals surface area contributed by atoms with Crippen LogP contribution in [0.5, 0.6) is 0 Å². The fraction of sp³-hybridized carbons (Fsp3) is 0.381. The van der Waals surface area contributed by atoms with Crippen LogP contribution in [0.3, 0.4) is 0 Å². The van der Waals surface area contributed by atoms with Crippen molar-refractivity contribution >= 4 is 13.6 Å². The van der Waals surface area contributed by atoms with Crippen molar-refractivity contribution in [1.82, 2.24) is 4.90 Å². The van der Waals surface area contributed by atoms with Gasteiger partial charge in [0, 0.05) is 0 Å². The van der Waals surface area contributed by atoms with Gasteiger partial charge in [-0.15, -0.1) is 0 Å². The van der Waals surface area contributed by atoms with E-state index < -0.39 is 31.5 Å². The summed E-state index contributed by atoms with van der Waals surface area (Å²) in [5.41, 5.74) is 1.48. The van der Waals surface area contributed by atoms with Gasteiger partial charge in [-0.05, 0) is 11.1 Å². The van der Waals surface area contributed by atoms with E-state index in [0.29, 0.717) is 13.1 Å². The van der Waals surface area contributed by atoms with Crippen LogP contribution in [0.4, 0.5) is 17.3 Å². The molecule has 0 bridgehead atoms. The highest BCUT2D eigenvalue weighted by atomic mass is 19.5. The van der Waals surface area contributed by atoms with Crippen LogP contribution >= 0.6 is 0 Å². The van der Waals surface area contributed by atoms with Crippen molar-refractivity contribution < 1.29 is 42.3 Å². The molecule has 1 aliphatic rings. The van der Waals surface area contributed by atoms with Crippen molar-refractivity contribution in [3.8, 4) is 0 Å². The van der Waals surface area contributed by atoms with E-state index in [-0.39, 0.29) is 13.2 Å². The van der Waals surface area contributed by atoms with E-state index in [1.807, 2.05) is 70.1 Å². The van der Waals surface area contributed by atoms with Gasteiger partial charge in [0.05, 0.1) is 13.2 Å². The lowest BCUT2D eigenvalue weighted by Gasteiger charge is -2.24. The number of aliphatic hydroxyl groups is 4. The second-order valence-corrected chi connectivity index (χ2v) is 7.30. The normalized spacial score (nSPS) is 17.6. The van der Waals surface area contributed by atoms with Gasteiger partial charge in [-0.1, -0.05) is 60.7 Å². The van der Waals surface area contributed by atoms with Crippen LogP contribution in [0.25, 0.3) is 0 Å². The van der Waals surface area contributed by atoms with Gasteiger partial charge in [0.15, 0.2) is 0 Å². The molecule has 0 fully saturated rings. The number of benzene rings is 2. The van der Waals surface area contributed by atoms with Gasteiger partial charge in [0.2, 0.25) is 6.34 Å². The van der Waals surface area contributed by atoms with E-state index in [1.165, 1.54) is 0 Å². The molecule has 4 atom stereocenters. The Morgan fingerprint density at radius 2 is 1.28 bits per heavy atom. The van der Waals surface area contributed by atoms with Crippen LogP contribution in [0.15, 0.2) is 60.7 Å². The molecular weight excluding hydrogens is 431 g/mol. The van der Waals surface area contributed by atoms with Crippen molar-refractivity contribution in [1.29, 1.82) is 0 Å². The van der Waals surface area contributed by atoms with Crippen molar-refractivity contribution in [2.24, 2.45) is 0 Å². The van der Waals surface area contributed by atoms with E-state index in [0.717, 1.165) is 11.1 Å². The van der Waals surface area contributed by atoms with Crippen molar-refractivity contribution in [3.05, 3.63) is 71.8 Å². The van der Waals surface area contributed by atoms with Gasteiger partial charge >= 0.3 is 7.25 Å². The molecule has 2 aromatic rings. The van der Waals surface area contributed by atoms with E-state index in [2.05, 4.69) is 0 Å². The Kier molecular flexibility index (Phi) is 9.64. The zero-order valence-corrected chi connectivity index (χ0v) is 17.3. The zero-order chi connectivity index (χ0) is 23.7. The fourth-order valence-electron chi connectivity index (χ4n) is 3.56. The second kappa shape index (κ2) is 12.0. The molecule has 1 heterocycles. The van der Waals surface area contributed by atoms with Gasteiger partial charge in [0.25, 0.3) is 0 Å². The molecule has 2 aromatic carbocycles. The van der Waals surface area contributed by atoms with Gasteiger partial charge in [-0.3, -0.25) is 9.48 Å². The average Bonchev–Trinajstić information content (AvgIpc) is 3.24. The summed E-state index contributed by atoms with van der Waals surface area (Å²) < 4.78 is 40.9. The number of nitrogens with zero attached hydrogens (tertiary/aromatic N) is 2. The minimum absolute atomic E-state index is 0.203. The van der Waals surface area contributed by atoms with Gasteiger partial charge < -0.3 is 37.7 Å². The third kappa shape index (κ3) is 7.59. The Morgan fingerprint density at radius 1 is 0.812 bits per heavy atom. The largest absolute Gasteiger partial charge is 0.673 e. The lowest BCUT2D eigenvalue weighted by Crippen LogP contribution is -2.41. The number of rotatable bonds is 8. The second-order valence-electron chi connectivity index (χ2n) is 7.30. The molecule has 3 rings (SSSR count). The highest BCUT2D eigenvalue weighted by Gasteiger charge is 2.37. The summed E-state index contributed by atoms with van der Waals surface area (Å²) in [5.74, 6) is 0. The lowest BCUT2D eigenvalue weighted by atomic mass is 10.0. The van der Waals surface area contributed by atoms with Gasteiger partial charge in [-0.25, -0.2) is 0 Å². The molecule has 11 heteroatoms. The summed E-state index contributed by atoms with van der Waals surface area (Å²) in [7, 11) is -6.00. The first-order chi connectivity index (χ1) is 15.2. The topological polar surface area (TPSA) is 87.2 Å². The Morgan fingerprint density at radius 3 is 1.72 bits per heavy atom. The van der Waals surface area contributed by atoms with Crippen molar-refractivity contribution in [3.63, 3.8) is 0 Å². The van der Waals surface area contributed by atoms with Crippen LogP contribution < -0.4 is 0 Å². The van der Waals surface area contributed by atoms with Crippen LogP contribution in [0.1, 0.15) is 23.3 Å². The SMILES string of the molecule is F[B-](F)(F)F.OC[C@H]([C@H](O)c1ccccc1)N1C=[N+]([C@H](CO)[C@H](O)c2ccccc2)CC1. The summed E-state index contributed by atoms with van der Waals surface area (Å²) in [4.78, 5) is 1.87. The predicted octanol–water partition coefficient (Wildman–Crippen LogP) is 1.83. The molecule has 0 spiro atoms. The van der Waals surface area contributed by atoms with E-state index in [4.69, 9.17) is 0 Å². The van der Waals surface area contributed by atoms with Crippen LogP contribution in [-0.4, -0.2) is 81.9 Å². The summed E-state index contributed by atoms with van der Waals surface area (Å²) in [5, 5.41) is 41.0. The smallest absolute Gasteiger partial charge is 0.418 e. The summed E-state index contributed by atoms with van der Waals surface area (Å²) in [6, 6.07) is 17.5. The molecular formula is C21H27BF4N2O4. The third-order valence-electron chi connectivity index (χ3n) is 5.15. The Labute approximate surface area is 183 Å². The molecule has 0 amide bonds. The molecule has 0 aromatic heterocycles. The van der Waals surface area contributed by atoms with Crippen LogP contribution in [0.2, 0.25) is 0 Å². The summed E-state index contributed by atoms with van der Waals surface area (Å²) in [6.07, 6.45) is 0.123. The maximum absolute atomic E-state index is 10.7. The summed E-state index contributed by atoms with van der Waals surface area (Å²) in [6.45, 7) is 0.775. The average molecular weight is 458 g/mol. The molecule has 6 nitrogen and oxygen atoms in total. The maximum Gasteiger partial charge on any atom is 0.673 e. The number of hydrogen-bond acceptors (Lipinski definition) is 5. The minimum atomic E-state index is -6.00. The molecule has 176 valence electrons. The highest BCUT2D eigenvalue weighted by Crippen LogP contribution is 2.23. The fourth-order valence-corrected chi connectivity index (χ4v) is 3.56. The molecule has 0 radical (unpaired) electrons. The quantitative estimate of drug-likeness (QED) is 0.276. The van der Waals surface area contributed by atoms with Crippen molar-refractivity contribution in [2.75, 3.05) is 26.3 Å². The monoisotopic (exact) mass is 458 g/mol. The predicted molar refractivity (Wildman–Crippen MR) is 113 cm³/mol. The molecule has 0 unspecified atom stereocenters. The Balaban J connectivity index is 0.000000654. The lowest BCUT2D eigenvalue weighted by molar-refractivity contribution is -0.568. The first-order valence-corrected chi connectivity index (χ1v) is 10.1. The molecule has 1 aliphatic heterocycles. The first-order valence-electron chi connectivity index (χ1n) is 10.1. The van der Waals surface area contributed by atoms with Crippen LogP contribution in [0, 0.1) is 0 Å². The molecule has 32 heavy (non-hydrogen) atoms. The van der Waals surface area contributed by atoms with E-state index >= 15 is 0 Å². The maximum atomic E-state index is 10.7. The Bertz CT molecular complexity index is 837. The molecule has 0 saturated carbocycles. The highest BCUT2D eigenvalue weighted by molar-refractivity contribution is 6.50. The van der Waals surface area contributed by atoms with Gasteiger partial charge in [0.1, 0.15) is 37.4 Å². The minimum Gasteiger partial charge on any atom is -0.418 e. The number of hydrogen-bond donors (Lipinski definition) is 4. The van der Waals surface area contributed by atoms with Crippen molar-refractivity contribution in [2.45, 2.75) is 24.3 Å². The summed E-state index contributed by atoms with van der Waals surface area (Å²) >= 11 is 0. The van der Waals surface area contributed by atoms with E-state index in [1.54, 1.807) is 6.34 Å². The third-order valence-corrected chi connectivity index (χ3v) is 5.15. The van der Waals surface area contributed by atoms with Crippen LogP contribution in [-0.2, 0) is 0 Å². The number of halogens is 4. The molecule has 4 N–H and O–H groups in total. The Hall–Kier alpha value is -2.47. The standard InChI is InChI=1S/C21H27N2O4.BF4/c24-13-18(20(26)16-7-3-1-4-8-16)22-11-12-23(15-22)19(14-25)21(27)17-9-5-2-6-10-17;2-1(3,4)5/h1-10,15,18-21,24-27H,11-14H2;/q+1;-1/t18-,19-,20-,21-;/m1./s1. The first kappa shape index (κ1) is 25.8. The van der Waals surface area contributed by atoms with E-state index in [9.17, 15) is 37.7 Å². The molecule has 0 saturated heterocycles. The number of aliphatic hydroxyl groups excluding tert-OH is 4.